The first-order chi connectivity index (χ1) is 9.49. The average Bonchev–Trinajstić information content (AvgIpc) is 2.90. The van der Waals surface area contributed by atoms with Gasteiger partial charge >= 0.3 is 6.18 Å². The first kappa shape index (κ1) is 15.0. The van der Waals surface area contributed by atoms with Gasteiger partial charge in [-0.2, -0.15) is 13.2 Å². The molecule has 20 heavy (non-hydrogen) atoms. The standard InChI is InChI=1S/C14H15F3N2S/c1-18-12(9-13-19-5-6-20-13)8-10-3-2-4-11(7-10)14(15,16)17/h2-7,12,18H,8-9H2,1H3. The molecule has 0 amide bonds. The molecule has 6 heteroatoms. The van der Waals surface area contributed by atoms with Gasteiger partial charge in [-0.1, -0.05) is 18.2 Å². The van der Waals surface area contributed by atoms with E-state index in [4.69, 9.17) is 0 Å². The van der Waals surface area contributed by atoms with Gasteiger partial charge in [-0.3, -0.25) is 0 Å². The van der Waals surface area contributed by atoms with Crippen LogP contribution in [0.5, 0.6) is 0 Å². The van der Waals surface area contributed by atoms with E-state index in [1.54, 1.807) is 23.6 Å². The Bertz CT molecular complexity index is 538. The van der Waals surface area contributed by atoms with Gasteiger partial charge in [0.05, 0.1) is 10.6 Å². The Labute approximate surface area is 119 Å². The maximum absolute atomic E-state index is 12.7. The number of thiazole rings is 1. The molecule has 1 N–H and O–H groups in total. The van der Waals surface area contributed by atoms with Crippen LogP contribution in [0.4, 0.5) is 13.2 Å². The second-order valence-corrected chi connectivity index (χ2v) is 5.50. The van der Waals surface area contributed by atoms with Crippen molar-refractivity contribution >= 4 is 11.3 Å². The summed E-state index contributed by atoms with van der Waals surface area (Å²) < 4.78 is 38.0. The minimum Gasteiger partial charge on any atom is -0.316 e. The molecule has 1 aromatic carbocycles. The van der Waals surface area contributed by atoms with Gasteiger partial charge < -0.3 is 5.32 Å². The number of hydrogen-bond donors (Lipinski definition) is 1. The molecule has 0 radical (unpaired) electrons. The molecule has 0 bridgehead atoms. The molecule has 0 aliphatic rings. The highest BCUT2D eigenvalue weighted by Crippen LogP contribution is 2.29. The van der Waals surface area contributed by atoms with Crippen molar-refractivity contribution in [3.8, 4) is 0 Å². The zero-order valence-electron chi connectivity index (χ0n) is 10.9. The van der Waals surface area contributed by atoms with Crippen molar-refractivity contribution in [1.82, 2.24) is 10.3 Å². The van der Waals surface area contributed by atoms with Gasteiger partial charge in [-0.15, -0.1) is 11.3 Å². The quantitative estimate of drug-likeness (QED) is 0.913. The summed E-state index contributed by atoms with van der Waals surface area (Å²) in [5.74, 6) is 0. The summed E-state index contributed by atoms with van der Waals surface area (Å²) in [5, 5.41) is 6.01. The Morgan fingerprint density at radius 3 is 2.70 bits per heavy atom. The molecular weight excluding hydrogens is 285 g/mol. The lowest BCUT2D eigenvalue weighted by atomic mass is 10.0. The van der Waals surface area contributed by atoms with Crippen molar-refractivity contribution in [3.05, 3.63) is 52.0 Å². The van der Waals surface area contributed by atoms with Gasteiger partial charge in [0.2, 0.25) is 0 Å². The second-order valence-electron chi connectivity index (χ2n) is 4.52. The molecule has 2 rings (SSSR count). The lowest BCUT2D eigenvalue weighted by Gasteiger charge is -2.16. The minimum absolute atomic E-state index is 0.0737. The number of nitrogens with zero attached hydrogens (tertiary/aromatic N) is 1. The third kappa shape index (κ3) is 4.05. The fourth-order valence-electron chi connectivity index (χ4n) is 2.00. The molecule has 1 unspecified atom stereocenters. The van der Waals surface area contributed by atoms with Gasteiger partial charge in [0.25, 0.3) is 0 Å². The SMILES string of the molecule is CNC(Cc1cccc(C(F)(F)F)c1)Cc1nccs1. The monoisotopic (exact) mass is 300 g/mol. The number of halogens is 3. The number of rotatable bonds is 5. The van der Waals surface area contributed by atoms with E-state index in [0.29, 0.717) is 18.4 Å². The first-order valence-electron chi connectivity index (χ1n) is 6.21. The van der Waals surface area contributed by atoms with E-state index in [2.05, 4.69) is 10.3 Å². The molecule has 1 aromatic heterocycles. The normalized spacial score (nSPS) is 13.4. The van der Waals surface area contributed by atoms with Crippen LogP contribution in [0.2, 0.25) is 0 Å². The minimum atomic E-state index is -4.29. The number of likely N-dealkylation sites (N-methyl/N-ethyl adjacent to an activating group) is 1. The molecule has 0 spiro atoms. The Balaban J connectivity index is 2.07. The topological polar surface area (TPSA) is 24.9 Å². The third-order valence-corrected chi connectivity index (χ3v) is 3.85. The van der Waals surface area contributed by atoms with Crippen LogP contribution in [0.3, 0.4) is 0 Å². The van der Waals surface area contributed by atoms with Crippen LogP contribution in [-0.2, 0) is 19.0 Å². The maximum Gasteiger partial charge on any atom is 0.416 e. The van der Waals surface area contributed by atoms with E-state index in [0.717, 1.165) is 11.1 Å². The second kappa shape index (κ2) is 6.37. The zero-order valence-corrected chi connectivity index (χ0v) is 11.8. The number of hydrogen-bond acceptors (Lipinski definition) is 3. The van der Waals surface area contributed by atoms with Crippen molar-refractivity contribution in [1.29, 1.82) is 0 Å². The van der Waals surface area contributed by atoms with Gasteiger partial charge in [-0.25, -0.2) is 4.98 Å². The predicted molar refractivity (Wildman–Crippen MR) is 73.8 cm³/mol. The van der Waals surface area contributed by atoms with Gasteiger partial charge in [0.1, 0.15) is 0 Å². The Morgan fingerprint density at radius 2 is 2.10 bits per heavy atom. The van der Waals surface area contributed by atoms with Crippen LogP contribution < -0.4 is 5.32 Å². The molecule has 0 aliphatic heterocycles. The highest BCUT2D eigenvalue weighted by Gasteiger charge is 2.30. The van der Waals surface area contributed by atoms with Crippen molar-refractivity contribution < 1.29 is 13.2 Å². The lowest BCUT2D eigenvalue weighted by Crippen LogP contribution is -2.30. The van der Waals surface area contributed by atoms with Crippen molar-refractivity contribution in [2.45, 2.75) is 25.1 Å². The number of aromatic nitrogens is 1. The molecule has 108 valence electrons. The van der Waals surface area contributed by atoms with Crippen LogP contribution in [-0.4, -0.2) is 18.1 Å². The molecule has 0 saturated heterocycles. The lowest BCUT2D eigenvalue weighted by molar-refractivity contribution is -0.137. The molecule has 2 nitrogen and oxygen atoms in total. The van der Waals surface area contributed by atoms with E-state index in [9.17, 15) is 13.2 Å². The summed E-state index contributed by atoms with van der Waals surface area (Å²) in [5.41, 5.74) is 0.0785. The third-order valence-electron chi connectivity index (χ3n) is 3.05. The molecule has 1 atom stereocenters. The van der Waals surface area contributed by atoms with E-state index in [-0.39, 0.29) is 6.04 Å². The predicted octanol–water partition coefficient (Wildman–Crippen LogP) is 3.54. The fraction of sp³-hybridized carbons (Fsp3) is 0.357. The Morgan fingerprint density at radius 1 is 1.30 bits per heavy atom. The molecular formula is C14H15F3N2S. The van der Waals surface area contributed by atoms with Crippen molar-refractivity contribution in [2.75, 3.05) is 7.05 Å². The van der Waals surface area contributed by atoms with Crippen molar-refractivity contribution in [2.24, 2.45) is 0 Å². The smallest absolute Gasteiger partial charge is 0.316 e. The first-order valence-corrected chi connectivity index (χ1v) is 7.09. The largest absolute Gasteiger partial charge is 0.416 e. The van der Waals surface area contributed by atoms with Gasteiger partial charge in [0, 0.05) is 24.0 Å². The molecule has 1 heterocycles. The Hall–Kier alpha value is -1.40. The van der Waals surface area contributed by atoms with Crippen molar-refractivity contribution in [3.63, 3.8) is 0 Å². The van der Waals surface area contributed by atoms with Crippen LogP contribution >= 0.6 is 11.3 Å². The van der Waals surface area contributed by atoms with E-state index in [1.807, 2.05) is 12.4 Å². The number of alkyl halides is 3. The van der Waals surface area contributed by atoms with E-state index in [1.165, 1.54) is 12.1 Å². The molecule has 2 aromatic rings. The summed E-state index contributed by atoms with van der Waals surface area (Å²) in [4.78, 5) is 4.20. The number of benzene rings is 1. The Kier molecular flexibility index (Phi) is 4.77. The summed E-state index contributed by atoms with van der Waals surface area (Å²) in [7, 11) is 1.81. The molecule has 0 saturated carbocycles. The summed E-state index contributed by atoms with van der Waals surface area (Å²) in [6.45, 7) is 0. The molecule has 0 aliphatic carbocycles. The van der Waals surface area contributed by atoms with E-state index < -0.39 is 11.7 Å². The summed E-state index contributed by atoms with van der Waals surface area (Å²) in [6.07, 6.45) is -1.30. The van der Waals surface area contributed by atoms with Gasteiger partial charge in [0.15, 0.2) is 0 Å². The number of nitrogens with one attached hydrogen (secondary N) is 1. The fourth-order valence-corrected chi connectivity index (χ4v) is 2.70. The highest BCUT2D eigenvalue weighted by molar-refractivity contribution is 7.09. The maximum atomic E-state index is 12.7. The molecule has 0 fully saturated rings. The van der Waals surface area contributed by atoms with Crippen LogP contribution in [0.25, 0.3) is 0 Å². The van der Waals surface area contributed by atoms with Crippen LogP contribution in [0.1, 0.15) is 16.1 Å². The van der Waals surface area contributed by atoms with Crippen LogP contribution in [0, 0.1) is 0 Å². The summed E-state index contributed by atoms with van der Waals surface area (Å²) in [6, 6.07) is 5.56. The average molecular weight is 300 g/mol. The van der Waals surface area contributed by atoms with E-state index >= 15 is 0 Å². The highest BCUT2D eigenvalue weighted by atomic mass is 32.1. The summed E-state index contributed by atoms with van der Waals surface area (Å²) >= 11 is 1.55. The zero-order chi connectivity index (χ0) is 14.6. The van der Waals surface area contributed by atoms with Gasteiger partial charge in [-0.05, 0) is 25.1 Å². The van der Waals surface area contributed by atoms with Crippen LogP contribution in [0.15, 0.2) is 35.8 Å².